The second kappa shape index (κ2) is 5.97. The molecule has 1 aromatic carbocycles. The van der Waals surface area contributed by atoms with Crippen LogP contribution < -0.4 is 15.8 Å². The average molecular weight is 401 g/mol. The van der Waals surface area contributed by atoms with E-state index in [4.69, 9.17) is 22.1 Å². The van der Waals surface area contributed by atoms with Gasteiger partial charge in [0.2, 0.25) is 5.95 Å². The third-order valence-corrected chi connectivity index (χ3v) is 7.54. The number of aliphatic hydroxyl groups excluding tert-OH is 1. The van der Waals surface area contributed by atoms with Gasteiger partial charge in [0, 0.05) is 17.9 Å². The number of benzene rings is 1. The maximum Gasteiger partial charge on any atom is 0.223 e. The van der Waals surface area contributed by atoms with Crippen LogP contribution >= 0.6 is 11.6 Å². The molecule has 2 fully saturated rings. The molecule has 148 valence electrons. The Kier molecular flexibility index (Phi) is 3.84. The monoisotopic (exact) mass is 400 g/mol. The summed E-state index contributed by atoms with van der Waals surface area (Å²) in [7, 11) is 0. The number of nitrogens with zero attached hydrogens (tertiary/aromatic N) is 2. The minimum atomic E-state index is -0.250. The summed E-state index contributed by atoms with van der Waals surface area (Å²) in [6.45, 7) is 6.42. The Morgan fingerprint density at radius 2 is 2.14 bits per heavy atom. The number of anilines is 2. The van der Waals surface area contributed by atoms with E-state index in [1.807, 2.05) is 12.1 Å². The Hall–Kier alpha value is -2.05. The van der Waals surface area contributed by atoms with Crippen molar-refractivity contribution >= 4 is 23.4 Å². The Balaban J connectivity index is 1.45. The van der Waals surface area contributed by atoms with Crippen molar-refractivity contribution in [3.63, 3.8) is 0 Å². The predicted molar refractivity (Wildman–Crippen MR) is 109 cm³/mol. The van der Waals surface area contributed by atoms with Crippen molar-refractivity contribution < 1.29 is 9.84 Å². The Labute approximate surface area is 169 Å². The van der Waals surface area contributed by atoms with E-state index in [0.717, 1.165) is 29.7 Å². The van der Waals surface area contributed by atoms with Crippen LogP contribution in [0, 0.1) is 24.2 Å². The van der Waals surface area contributed by atoms with Crippen LogP contribution in [0.15, 0.2) is 18.2 Å². The molecule has 3 aliphatic rings. The van der Waals surface area contributed by atoms with Gasteiger partial charge in [-0.05, 0) is 36.8 Å². The van der Waals surface area contributed by atoms with E-state index in [1.54, 1.807) is 0 Å². The number of aliphatic hydroxyl groups is 1. The van der Waals surface area contributed by atoms with Crippen LogP contribution in [0.5, 0.6) is 5.75 Å². The summed E-state index contributed by atoms with van der Waals surface area (Å²) >= 11 is 6.51. The van der Waals surface area contributed by atoms with Gasteiger partial charge in [0.15, 0.2) is 0 Å². The maximum absolute atomic E-state index is 10.2. The second-order valence-electron chi connectivity index (χ2n) is 8.75. The van der Waals surface area contributed by atoms with Crippen molar-refractivity contribution in [2.75, 3.05) is 11.1 Å². The number of nitrogens with one attached hydrogen (secondary N) is 1. The lowest BCUT2D eigenvalue weighted by Crippen LogP contribution is -2.32. The minimum Gasteiger partial charge on any atom is -0.485 e. The van der Waals surface area contributed by atoms with Crippen LogP contribution in [0.25, 0.3) is 0 Å². The van der Waals surface area contributed by atoms with Gasteiger partial charge in [0.25, 0.3) is 0 Å². The fraction of sp³-hybridized carbons (Fsp3) is 0.524. The summed E-state index contributed by atoms with van der Waals surface area (Å²) < 4.78 is 6.18. The third kappa shape index (κ3) is 2.51. The lowest BCUT2D eigenvalue weighted by molar-refractivity contribution is 0.175. The molecule has 28 heavy (non-hydrogen) atoms. The molecule has 2 aliphatic carbocycles. The van der Waals surface area contributed by atoms with Crippen LogP contribution in [0.1, 0.15) is 43.1 Å². The zero-order valence-electron chi connectivity index (χ0n) is 16.2. The van der Waals surface area contributed by atoms with Crippen molar-refractivity contribution in [1.29, 1.82) is 0 Å². The third-order valence-electron chi connectivity index (χ3n) is 7.25. The molecular formula is C21H25ClN4O2. The van der Waals surface area contributed by atoms with Crippen LogP contribution in [-0.2, 0) is 6.42 Å². The summed E-state index contributed by atoms with van der Waals surface area (Å²) in [6, 6.07) is 6.38. The van der Waals surface area contributed by atoms with E-state index in [-0.39, 0.29) is 29.6 Å². The fourth-order valence-electron chi connectivity index (χ4n) is 5.25. The van der Waals surface area contributed by atoms with Crippen molar-refractivity contribution in [2.24, 2.45) is 17.3 Å². The molecule has 0 amide bonds. The van der Waals surface area contributed by atoms with Gasteiger partial charge in [0.05, 0.1) is 11.7 Å². The Morgan fingerprint density at radius 3 is 2.86 bits per heavy atom. The number of hydrogen-bond donors (Lipinski definition) is 3. The van der Waals surface area contributed by atoms with E-state index in [1.165, 1.54) is 5.56 Å². The molecule has 7 heteroatoms. The molecule has 4 N–H and O–H groups in total. The van der Waals surface area contributed by atoms with Gasteiger partial charge in [-0.25, -0.2) is 4.98 Å². The number of hydrogen-bond acceptors (Lipinski definition) is 6. The SMILES string of the molecule is Cc1ccc2c(c1)CC(c1c(Cl)nc(N)nc1NC1CC3C(O)C3(C)C1C)O2. The largest absolute Gasteiger partial charge is 0.485 e. The molecule has 6 nitrogen and oxygen atoms in total. The molecule has 1 aliphatic heterocycles. The Morgan fingerprint density at radius 1 is 1.36 bits per heavy atom. The Bertz CT molecular complexity index is 968. The number of ether oxygens (including phenoxy) is 1. The molecule has 6 atom stereocenters. The number of nitrogen functional groups attached to an aromatic ring is 1. The summed E-state index contributed by atoms with van der Waals surface area (Å²) in [5.41, 5.74) is 9.00. The highest BCUT2D eigenvalue weighted by Crippen LogP contribution is 2.66. The quantitative estimate of drug-likeness (QED) is 0.682. The highest BCUT2D eigenvalue weighted by atomic mass is 35.5. The van der Waals surface area contributed by atoms with Crippen molar-refractivity contribution in [1.82, 2.24) is 9.97 Å². The first-order chi connectivity index (χ1) is 13.3. The summed E-state index contributed by atoms with van der Waals surface area (Å²) in [5, 5.41) is 14.1. The number of aromatic nitrogens is 2. The number of halogens is 1. The number of rotatable bonds is 3. The highest BCUT2D eigenvalue weighted by Gasteiger charge is 2.69. The molecule has 0 spiro atoms. The maximum atomic E-state index is 10.2. The first-order valence-electron chi connectivity index (χ1n) is 9.82. The standard InChI is InChI=1S/C21H25ClN4O2/c1-9-4-5-14-11(6-9)7-15(28-14)16-18(22)25-20(23)26-19(16)24-13-8-12-17(27)21(12,3)10(13)2/h4-6,10,12-13,15,17,27H,7-8H2,1-3H3,(H3,23,24,25,26). The first kappa shape index (κ1) is 18.0. The van der Waals surface area contributed by atoms with Gasteiger partial charge in [-0.3, -0.25) is 0 Å². The van der Waals surface area contributed by atoms with Gasteiger partial charge in [-0.2, -0.15) is 4.98 Å². The molecule has 2 saturated carbocycles. The molecule has 1 aromatic heterocycles. The molecule has 0 bridgehead atoms. The molecular weight excluding hydrogens is 376 g/mol. The fourth-order valence-corrected chi connectivity index (χ4v) is 5.55. The number of nitrogens with two attached hydrogens (primary N) is 1. The molecule has 5 rings (SSSR count). The number of fused-ring (bicyclic) bond motifs is 2. The normalized spacial score (nSPS) is 35.2. The molecule has 0 radical (unpaired) electrons. The zero-order chi connectivity index (χ0) is 19.8. The zero-order valence-corrected chi connectivity index (χ0v) is 17.0. The highest BCUT2D eigenvalue weighted by molar-refractivity contribution is 6.30. The van der Waals surface area contributed by atoms with Gasteiger partial charge in [-0.15, -0.1) is 0 Å². The lowest BCUT2D eigenvalue weighted by atomic mass is 9.90. The summed E-state index contributed by atoms with van der Waals surface area (Å²) in [4.78, 5) is 8.64. The summed E-state index contributed by atoms with van der Waals surface area (Å²) in [6.07, 6.45) is 1.18. The number of aryl methyl sites for hydroxylation is 1. The van der Waals surface area contributed by atoms with Gasteiger partial charge >= 0.3 is 0 Å². The van der Waals surface area contributed by atoms with Crippen LogP contribution in [0.4, 0.5) is 11.8 Å². The van der Waals surface area contributed by atoms with E-state index in [9.17, 15) is 5.11 Å². The minimum absolute atomic E-state index is 0.0161. The van der Waals surface area contributed by atoms with Crippen molar-refractivity contribution in [2.45, 2.75) is 51.9 Å². The van der Waals surface area contributed by atoms with Gasteiger partial charge < -0.3 is 20.9 Å². The van der Waals surface area contributed by atoms with E-state index in [2.05, 4.69) is 42.1 Å². The van der Waals surface area contributed by atoms with Crippen LogP contribution in [0.3, 0.4) is 0 Å². The van der Waals surface area contributed by atoms with Crippen LogP contribution in [0.2, 0.25) is 5.15 Å². The van der Waals surface area contributed by atoms with Gasteiger partial charge in [0.1, 0.15) is 22.8 Å². The second-order valence-corrected chi connectivity index (χ2v) is 9.11. The van der Waals surface area contributed by atoms with E-state index >= 15 is 0 Å². The van der Waals surface area contributed by atoms with E-state index < -0.39 is 0 Å². The molecule has 6 unspecified atom stereocenters. The molecule has 0 saturated heterocycles. The van der Waals surface area contributed by atoms with Crippen molar-refractivity contribution in [3.8, 4) is 5.75 Å². The van der Waals surface area contributed by atoms with Crippen molar-refractivity contribution in [3.05, 3.63) is 40.0 Å². The summed E-state index contributed by atoms with van der Waals surface area (Å²) in [5.74, 6) is 2.32. The van der Waals surface area contributed by atoms with Gasteiger partial charge in [-0.1, -0.05) is 43.1 Å². The lowest BCUT2D eigenvalue weighted by Gasteiger charge is -2.27. The van der Waals surface area contributed by atoms with E-state index in [0.29, 0.717) is 22.8 Å². The average Bonchev–Trinajstić information content (AvgIpc) is 2.93. The van der Waals surface area contributed by atoms with Crippen LogP contribution in [-0.4, -0.2) is 27.2 Å². The smallest absolute Gasteiger partial charge is 0.223 e. The first-order valence-corrected chi connectivity index (χ1v) is 10.2. The molecule has 2 aromatic rings. The topological polar surface area (TPSA) is 93.3 Å². The predicted octanol–water partition coefficient (Wildman–Crippen LogP) is 3.51. The molecule has 2 heterocycles.